The summed E-state index contributed by atoms with van der Waals surface area (Å²) >= 11 is 1.61. The fraction of sp³-hybridized carbons (Fsp3) is 0.611. The quantitative estimate of drug-likeness (QED) is 0.910. The lowest BCUT2D eigenvalue weighted by Crippen LogP contribution is -2.51. The number of thiophene rings is 1. The predicted molar refractivity (Wildman–Crippen MR) is 101 cm³/mol. The van der Waals surface area contributed by atoms with Gasteiger partial charge in [-0.25, -0.2) is 9.97 Å². The fourth-order valence-electron chi connectivity index (χ4n) is 4.13. The van der Waals surface area contributed by atoms with Crippen molar-refractivity contribution < 1.29 is 4.79 Å². The molecule has 0 bridgehead atoms. The van der Waals surface area contributed by atoms with Crippen LogP contribution < -0.4 is 10.6 Å². The van der Waals surface area contributed by atoms with Crippen molar-refractivity contribution in [3.05, 3.63) is 17.8 Å². The van der Waals surface area contributed by atoms with Crippen LogP contribution in [0.25, 0.3) is 10.2 Å². The zero-order valence-electron chi connectivity index (χ0n) is 14.6. The first-order chi connectivity index (χ1) is 12.1. The molecule has 2 aromatic rings. The Labute approximate surface area is 152 Å². The second kappa shape index (κ2) is 6.88. The highest BCUT2D eigenvalue weighted by molar-refractivity contribution is 7.16. The first-order valence-corrected chi connectivity index (χ1v) is 10.0. The first-order valence-electron chi connectivity index (χ1n) is 9.14. The van der Waals surface area contributed by atoms with Crippen LogP contribution in [0.5, 0.6) is 0 Å². The number of carbonyl (C=O) groups excluding carboxylic acids is 1. The van der Waals surface area contributed by atoms with Gasteiger partial charge in [0.25, 0.3) is 0 Å². The number of amides is 1. The summed E-state index contributed by atoms with van der Waals surface area (Å²) in [6.07, 6.45) is 5.70. The van der Waals surface area contributed by atoms with Crippen molar-refractivity contribution in [1.82, 2.24) is 14.9 Å². The lowest BCUT2D eigenvalue weighted by molar-refractivity contribution is -0.134. The summed E-state index contributed by atoms with van der Waals surface area (Å²) in [4.78, 5) is 27.3. The maximum absolute atomic E-state index is 13.2. The largest absolute Gasteiger partial charge is 0.344 e. The van der Waals surface area contributed by atoms with Crippen LogP contribution in [0, 0.1) is 5.92 Å². The molecule has 0 aromatic carbocycles. The van der Waals surface area contributed by atoms with E-state index in [0.717, 1.165) is 61.4 Å². The number of anilines is 1. The van der Waals surface area contributed by atoms with Gasteiger partial charge in [-0.1, -0.05) is 0 Å². The molecule has 0 aliphatic carbocycles. The van der Waals surface area contributed by atoms with E-state index in [4.69, 9.17) is 5.73 Å². The van der Waals surface area contributed by atoms with Gasteiger partial charge in [0, 0.05) is 25.7 Å². The SMILES string of the molecule is CC(N)C1CCCN(C(=O)C2CCCN2c2ncnc3sccc23)C1. The minimum absolute atomic E-state index is 0.107. The van der Waals surface area contributed by atoms with E-state index in [-0.39, 0.29) is 18.0 Å². The zero-order chi connectivity index (χ0) is 17.4. The van der Waals surface area contributed by atoms with Gasteiger partial charge in [0.15, 0.2) is 0 Å². The number of piperidine rings is 1. The molecule has 2 N–H and O–H groups in total. The lowest BCUT2D eigenvalue weighted by atomic mass is 9.91. The molecule has 7 heteroatoms. The number of hydrogen-bond donors (Lipinski definition) is 1. The molecule has 4 rings (SSSR count). The fourth-order valence-corrected chi connectivity index (χ4v) is 4.86. The average Bonchev–Trinajstić information content (AvgIpc) is 3.30. The number of rotatable bonds is 3. The maximum atomic E-state index is 13.2. The molecular weight excluding hydrogens is 334 g/mol. The molecule has 6 nitrogen and oxygen atoms in total. The summed E-state index contributed by atoms with van der Waals surface area (Å²) in [5.41, 5.74) is 6.09. The van der Waals surface area contributed by atoms with E-state index < -0.39 is 0 Å². The summed E-state index contributed by atoms with van der Waals surface area (Å²) in [7, 11) is 0. The number of nitrogens with zero attached hydrogens (tertiary/aromatic N) is 4. The summed E-state index contributed by atoms with van der Waals surface area (Å²) in [6.45, 7) is 4.57. The van der Waals surface area contributed by atoms with E-state index in [1.54, 1.807) is 17.7 Å². The summed E-state index contributed by atoms with van der Waals surface area (Å²) in [6, 6.07) is 2.09. The molecule has 0 spiro atoms. The highest BCUT2D eigenvalue weighted by Crippen LogP contribution is 2.33. The average molecular weight is 359 g/mol. The van der Waals surface area contributed by atoms with Gasteiger partial charge in [-0.2, -0.15) is 0 Å². The number of likely N-dealkylation sites (tertiary alicyclic amines) is 1. The van der Waals surface area contributed by atoms with Crippen LogP contribution in [0.3, 0.4) is 0 Å². The highest BCUT2D eigenvalue weighted by Gasteiger charge is 2.37. The minimum Gasteiger partial charge on any atom is -0.344 e. The number of nitrogens with two attached hydrogens (primary N) is 1. The van der Waals surface area contributed by atoms with Crippen LogP contribution in [-0.4, -0.2) is 52.5 Å². The van der Waals surface area contributed by atoms with Crippen molar-refractivity contribution in [2.75, 3.05) is 24.5 Å². The van der Waals surface area contributed by atoms with Gasteiger partial charge < -0.3 is 15.5 Å². The number of fused-ring (bicyclic) bond motifs is 1. The Bertz CT molecular complexity index is 761. The molecule has 4 heterocycles. The van der Waals surface area contributed by atoms with Crippen LogP contribution in [0.1, 0.15) is 32.6 Å². The Morgan fingerprint density at radius 1 is 1.32 bits per heavy atom. The highest BCUT2D eigenvalue weighted by atomic mass is 32.1. The van der Waals surface area contributed by atoms with E-state index in [1.807, 2.05) is 10.3 Å². The van der Waals surface area contributed by atoms with Gasteiger partial charge in [0.1, 0.15) is 23.0 Å². The van der Waals surface area contributed by atoms with Crippen molar-refractivity contribution in [3.8, 4) is 0 Å². The monoisotopic (exact) mass is 359 g/mol. The number of hydrogen-bond acceptors (Lipinski definition) is 6. The van der Waals surface area contributed by atoms with Crippen LogP contribution in [0.15, 0.2) is 17.8 Å². The zero-order valence-corrected chi connectivity index (χ0v) is 15.4. The number of carbonyl (C=O) groups is 1. The smallest absolute Gasteiger partial charge is 0.245 e. The number of aromatic nitrogens is 2. The van der Waals surface area contributed by atoms with E-state index in [2.05, 4.69) is 27.9 Å². The molecule has 2 aliphatic heterocycles. The second-order valence-electron chi connectivity index (χ2n) is 7.23. The van der Waals surface area contributed by atoms with Crippen LogP contribution in [0.4, 0.5) is 5.82 Å². The minimum atomic E-state index is -0.107. The third-order valence-corrected chi connectivity index (χ3v) is 6.38. The normalized spacial score (nSPS) is 25.5. The first kappa shape index (κ1) is 16.7. The van der Waals surface area contributed by atoms with Crippen molar-refractivity contribution in [1.29, 1.82) is 0 Å². The summed E-state index contributed by atoms with van der Waals surface area (Å²) in [5.74, 6) is 1.56. The molecule has 2 aromatic heterocycles. The molecule has 3 unspecified atom stereocenters. The van der Waals surface area contributed by atoms with Crippen molar-refractivity contribution in [2.24, 2.45) is 11.7 Å². The van der Waals surface area contributed by atoms with E-state index in [0.29, 0.717) is 5.92 Å². The molecule has 2 saturated heterocycles. The van der Waals surface area contributed by atoms with Gasteiger partial charge in [-0.05, 0) is 50.0 Å². The molecule has 0 radical (unpaired) electrons. The van der Waals surface area contributed by atoms with E-state index in [1.165, 1.54) is 0 Å². The van der Waals surface area contributed by atoms with Gasteiger partial charge in [-0.3, -0.25) is 4.79 Å². The molecule has 2 fully saturated rings. The molecule has 25 heavy (non-hydrogen) atoms. The Morgan fingerprint density at radius 2 is 2.16 bits per heavy atom. The Morgan fingerprint density at radius 3 is 3.00 bits per heavy atom. The van der Waals surface area contributed by atoms with Gasteiger partial charge in [-0.15, -0.1) is 11.3 Å². The van der Waals surface area contributed by atoms with Crippen LogP contribution in [0.2, 0.25) is 0 Å². The third-order valence-electron chi connectivity index (χ3n) is 5.56. The molecule has 3 atom stereocenters. The van der Waals surface area contributed by atoms with Crippen molar-refractivity contribution in [2.45, 2.75) is 44.7 Å². The second-order valence-corrected chi connectivity index (χ2v) is 8.13. The van der Waals surface area contributed by atoms with E-state index >= 15 is 0 Å². The molecule has 2 aliphatic rings. The molecular formula is C18H25N5OS. The predicted octanol–water partition coefficient (Wildman–Crippen LogP) is 2.25. The van der Waals surface area contributed by atoms with Crippen LogP contribution in [-0.2, 0) is 4.79 Å². The standard InChI is InChI=1S/C18H25N5OS/c1-12(19)13-4-2-7-22(10-13)18(24)15-5-3-8-23(15)16-14-6-9-25-17(14)21-11-20-16/h6,9,11-13,15H,2-5,7-8,10,19H2,1H3. The molecule has 0 saturated carbocycles. The van der Waals surface area contributed by atoms with Gasteiger partial charge >= 0.3 is 0 Å². The molecule has 1 amide bonds. The van der Waals surface area contributed by atoms with E-state index in [9.17, 15) is 4.79 Å². The van der Waals surface area contributed by atoms with Crippen LogP contribution >= 0.6 is 11.3 Å². The molecule has 134 valence electrons. The van der Waals surface area contributed by atoms with Gasteiger partial charge in [0.2, 0.25) is 5.91 Å². The Hall–Kier alpha value is -1.73. The van der Waals surface area contributed by atoms with Gasteiger partial charge in [0.05, 0.1) is 5.39 Å². The third kappa shape index (κ3) is 3.11. The summed E-state index contributed by atoms with van der Waals surface area (Å²) < 4.78 is 0. The maximum Gasteiger partial charge on any atom is 0.245 e. The van der Waals surface area contributed by atoms with Crippen molar-refractivity contribution in [3.63, 3.8) is 0 Å². The lowest BCUT2D eigenvalue weighted by Gasteiger charge is -2.37. The summed E-state index contributed by atoms with van der Waals surface area (Å²) in [5, 5.41) is 3.09. The topological polar surface area (TPSA) is 75.3 Å². The Balaban J connectivity index is 1.57. The Kier molecular flexibility index (Phi) is 4.60. The van der Waals surface area contributed by atoms with Crippen molar-refractivity contribution >= 4 is 33.3 Å².